The SMILES string of the molecule is C[C@H](CO)N1C[C@H](C)[C@H](CN(C)S(=O)(=O)c2ccc(Cl)cc2)Oc2c(NC(=O)CCCCCC(=O)Nc3ccccc3N)cccc2C1=O. The number of hydrogen-bond acceptors (Lipinski definition) is 8. The molecule has 0 saturated heterocycles. The number of nitrogens with two attached hydrogens (primary N) is 1. The topological polar surface area (TPSA) is 171 Å². The first-order chi connectivity index (χ1) is 23.3. The molecule has 1 aliphatic rings. The number of fused-ring (bicyclic) bond motifs is 1. The highest BCUT2D eigenvalue weighted by atomic mass is 35.5. The Hall–Kier alpha value is -4.17. The molecule has 5 N–H and O–H groups in total. The van der Waals surface area contributed by atoms with E-state index in [1.165, 1.54) is 35.6 Å². The molecule has 0 saturated carbocycles. The van der Waals surface area contributed by atoms with Crippen LogP contribution in [0.15, 0.2) is 71.6 Å². The van der Waals surface area contributed by atoms with Crippen molar-refractivity contribution < 1.29 is 32.6 Å². The molecule has 0 aliphatic carbocycles. The minimum Gasteiger partial charge on any atom is -0.486 e. The lowest BCUT2D eigenvalue weighted by Gasteiger charge is -2.38. The third-order valence-electron chi connectivity index (χ3n) is 8.47. The van der Waals surface area contributed by atoms with Crippen LogP contribution in [0.3, 0.4) is 0 Å². The summed E-state index contributed by atoms with van der Waals surface area (Å²) < 4.78 is 34.5. The first kappa shape index (κ1) is 37.6. The number of unbranched alkanes of at least 4 members (excludes halogenated alkanes) is 2. The fourth-order valence-electron chi connectivity index (χ4n) is 5.48. The number of likely N-dealkylation sites (N-methyl/N-ethyl adjacent to an activating group) is 1. The molecule has 4 rings (SSSR count). The normalized spacial score (nSPS) is 17.0. The van der Waals surface area contributed by atoms with Gasteiger partial charge >= 0.3 is 0 Å². The summed E-state index contributed by atoms with van der Waals surface area (Å²) >= 11 is 5.97. The van der Waals surface area contributed by atoms with Crippen molar-refractivity contribution in [2.75, 3.05) is 43.1 Å². The number of amides is 3. The smallest absolute Gasteiger partial charge is 0.258 e. The lowest BCUT2D eigenvalue weighted by atomic mass is 9.99. The van der Waals surface area contributed by atoms with Crippen molar-refractivity contribution in [3.05, 3.63) is 77.3 Å². The van der Waals surface area contributed by atoms with E-state index in [-0.39, 0.29) is 78.1 Å². The van der Waals surface area contributed by atoms with Crippen molar-refractivity contribution >= 4 is 56.4 Å². The number of aliphatic hydroxyl groups excluding tert-OH is 1. The van der Waals surface area contributed by atoms with Crippen LogP contribution in [0, 0.1) is 5.92 Å². The van der Waals surface area contributed by atoms with Crippen molar-refractivity contribution in [3.8, 4) is 5.75 Å². The zero-order chi connectivity index (χ0) is 35.7. The summed E-state index contributed by atoms with van der Waals surface area (Å²) in [6.45, 7) is 3.44. The van der Waals surface area contributed by atoms with Crippen LogP contribution in [0.2, 0.25) is 5.02 Å². The summed E-state index contributed by atoms with van der Waals surface area (Å²) in [6.07, 6.45) is 1.45. The number of ether oxygens (including phenoxy) is 1. The van der Waals surface area contributed by atoms with Gasteiger partial charge in [-0.05, 0) is 68.3 Å². The molecular weight excluding hydrogens is 670 g/mol. The Bertz CT molecular complexity index is 1740. The van der Waals surface area contributed by atoms with Crippen LogP contribution in [0.25, 0.3) is 0 Å². The van der Waals surface area contributed by atoms with Crippen molar-refractivity contribution in [1.82, 2.24) is 9.21 Å². The number of benzene rings is 3. The minimum atomic E-state index is -3.92. The molecule has 0 spiro atoms. The van der Waals surface area contributed by atoms with Gasteiger partial charge in [0.2, 0.25) is 21.8 Å². The Labute approximate surface area is 292 Å². The highest BCUT2D eigenvalue weighted by Crippen LogP contribution is 2.35. The molecule has 0 bridgehead atoms. The third kappa shape index (κ3) is 9.72. The lowest BCUT2D eigenvalue weighted by molar-refractivity contribution is -0.116. The van der Waals surface area contributed by atoms with Crippen LogP contribution in [0.5, 0.6) is 5.75 Å². The molecule has 0 aromatic heterocycles. The van der Waals surface area contributed by atoms with Gasteiger partial charge in [-0.25, -0.2) is 8.42 Å². The average molecular weight is 714 g/mol. The quantitative estimate of drug-likeness (QED) is 0.134. The Morgan fingerprint density at radius 2 is 1.61 bits per heavy atom. The Balaban J connectivity index is 1.46. The van der Waals surface area contributed by atoms with E-state index >= 15 is 0 Å². The zero-order valence-electron chi connectivity index (χ0n) is 27.9. The second kappa shape index (κ2) is 17.0. The Morgan fingerprint density at radius 1 is 1.00 bits per heavy atom. The van der Waals surface area contributed by atoms with E-state index in [1.54, 1.807) is 54.3 Å². The maximum atomic E-state index is 13.8. The highest BCUT2D eigenvalue weighted by molar-refractivity contribution is 7.89. The van der Waals surface area contributed by atoms with Gasteiger partial charge in [0.25, 0.3) is 5.91 Å². The summed E-state index contributed by atoms with van der Waals surface area (Å²) in [4.78, 5) is 40.8. The number of nitrogen functional groups attached to an aromatic ring is 1. The second-order valence-electron chi connectivity index (χ2n) is 12.3. The molecule has 1 heterocycles. The average Bonchev–Trinajstić information content (AvgIpc) is 3.07. The van der Waals surface area contributed by atoms with Gasteiger partial charge in [0.1, 0.15) is 6.10 Å². The number of aliphatic hydroxyl groups is 1. The van der Waals surface area contributed by atoms with Crippen molar-refractivity contribution in [1.29, 1.82) is 0 Å². The molecule has 3 amide bonds. The summed E-state index contributed by atoms with van der Waals surface area (Å²) in [5, 5.41) is 16.0. The fourth-order valence-corrected chi connectivity index (χ4v) is 6.79. The van der Waals surface area contributed by atoms with Gasteiger partial charge < -0.3 is 31.1 Å². The van der Waals surface area contributed by atoms with Gasteiger partial charge in [-0.15, -0.1) is 0 Å². The molecule has 264 valence electrons. The first-order valence-electron chi connectivity index (χ1n) is 16.2. The van der Waals surface area contributed by atoms with E-state index < -0.39 is 22.2 Å². The number of nitrogens with one attached hydrogen (secondary N) is 2. The van der Waals surface area contributed by atoms with E-state index in [4.69, 9.17) is 22.1 Å². The number of anilines is 3. The van der Waals surface area contributed by atoms with Crippen LogP contribution in [-0.4, -0.2) is 79.3 Å². The fraction of sp³-hybridized carbons (Fsp3) is 0.400. The Morgan fingerprint density at radius 3 is 2.24 bits per heavy atom. The first-order valence-corrected chi connectivity index (χ1v) is 18.0. The lowest BCUT2D eigenvalue weighted by Crippen LogP contribution is -2.50. The van der Waals surface area contributed by atoms with E-state index in [0.717, 1.165) is 0 Å². The molecule has 3 aromatic carbocycles. The van der Waals surface area contributed by atoms with Gasteiger partial charge in [0.15, 0.2) is 5.75 Å². The predicted octanol–water partition coefficient (Wildman–Crippen LogP) is 4.99. The standard InChI is InChI=1S/C35H44ClN5O7S/c1-23-20-41(24(2)22-42)35(45)27-10-9-13-30(34(27)48-31(23)21-40(3)49(46,47)26-18-16-25(36)17-19-26)39-33(44)15-6-4-5-14-32(43)38-29-12-8-7-11-28(29)37/h7-13,16-19,23-24,31,42H,4-6,14-15,20-22,37H2,1-3H3,(H,38,43)(H,39,44)/t23-,24+,31-/m0/s1. The number of rotatable bonds is 14. The van der Waals surface area contributed by atoms with Crippen LogP contribution in [0.1, 0.15) is 56.3 Å². The molecule has 3 aromatic rings. The van der Waals surface area contributed by atoms with E-state index in [1.807, 2.05) is 6.92 Å². The van der Waals surface area contributed by atoms with Crippen LogP contribution >= 0.6 is 11.6 Å². The monoisotopic (exact) mass is 713 g/mol. The summed E-state index contributed by atoms with van der Waals surface area (Å²) in [7, 11) is -2.46. The molecule has 14 heteroatoms. The van der Waals surface area contributed by atoms with Gasteiger partial charge in [-0.1, -0.05) is 43.1 Å². The molecule has 3 atom stereocenters. The van der Waals surface area contributed by atoms with Crippen molar-refractivity contribution in [3.63, 3.8) is 0 Å². The van der Waals surface area contributed by atoms with Crippen LogP contribution < -0.4 is 21.1 Å². The molecule has 0 fully saturated rings. The third-order valence-corrected chi connectivity index (χ3v) is 10.6. The van der Waals surface area contributed by atoms with Crippen molar-refractivity contribution in [2.45, 2.75) is 63.0 Å². The van der Waals surface area contributed by atoms with E-state index in [2.05, 4.69) is 10.6 Å². The number of sulfonamides is 1. The zero-order valence-corrected chi connectivity index (χ0v) is 29.5. The molecular formula is C35H44ClN5O7S. The summed E-state index contributed by atoms with van der Waals surface area (Å²) in [6, 6.07) is 17.2. The molecule has 0 radical (unpaired) electrons. The molecule has 49 heavy (non-hydrogen) atoms. The number of nitrogens with zero attached hydrogens (tertiary/aromatic N) is 2. The minimum absolute atomic E-state index is 0.0617. The van der Waals surface area contributed by atoms with Gasteiger partial charge in [-0.3, -0.25) is 14.4 Å². The van der Waals surface area contributed by atoms with Gasteiger partial charge in [-0.2, -0.15) is 4.31 Å². The molecule has 12 nitrogen and oxygen atoms in total. The maximum Gasteiger partial charge on any atom is 0.258 e. The van der Waals surface area contributed by atoms with Crippen LogP contribution in [0.4, 0.5) is 17.1 Å². The highest BCUT2D eigenvalue weighted by Gasteiger charge is 2.36. The van der Waals surface area contributed by atoms with Crippen molar-refractivity contribution in [2.24, 2.45) is 5.92 Å². The number of para-hydroxylation sites is 3. The summed E-state index contributed by atoms with van der Waals surface area (Å²) in [5.41, 5.74) is 7.39. The number of hydrogen-bond donors (Lipinski definition) is 4. The second-order valence-corrected chi connectivity index (χ2v) is 14.8. The number of carbonyl (C=O) groups excluding carboxylic acids is 3. The van der Waals surface area contributed by atoms with E-state index in [9.17, 15) is 27.9 Å². The molecule has 1 aliphatic heterocycles. The van der Waals surface area contributed by atoms with E-state index in [0.29, 0.717) is 35.7 Å². The number of carbonyl (C=O) groups is 3. The van der Waals surface area contributed by atoms with Gasteiger partial charge in [0.05, 0.1) is 46.7 Å². The maximum absolute atomic E-state index is 13.8. The van der Waals surface area contributed by atoms with Gasteiger partial charge in [0, 0.05) is 37.4 Å². The number of halogens is 1. The molecule has 0 unspecified atom stereocenters. The van der Waals surface area contributed by atoms with Crippen LogP contribution in [-0.2, 0) is 19.6 Å². The largest absolute Gasteiger partial charge is 0.486 e. The predicted molar refractivity (Wildman–Crippen MR) is 190 cm³/mol. The Kier molecular flexibility index (Phi) is 13.0. The summed E-state index contributed by atoms with van der Waals surface area (Å²) in [5.74, 6) is -1.08.